The molecule has 0 saturated carbocycles. The molecular formula is C31H34F3N5O3. The van der Waals surface area contributed by atoms with Crippen molar-refractivity contribution in [1.82, 2.24) is 19.4 Å². The van der Waals surface area contributed by atoms with E-state index in [1.54, 1.807) is 0 Å². The summed E-state index contributed by atoms with van der Waals surface area (Å²) in [6.45, 7) is 5.00. The molecule has 1 aromatic heterocycles. The van der Waals surface area contributed by atoms with Gasteiger partial charge in [-0.1, -0.05) is 29.8 Å². The number of carbonyl (C=O) groups is 2. The van der Waals surface area contributed by atoms with E-state index in [1.807, 2.05) is 61.1 Å². The third kappa shape index (κ3) is 6.74. The van der Waals surface area contributed by atoms with Gasteiger partial charge in [-0.15, -0.1) is 0 Å². The maximum Gasteiger partial charge on any atom is 0.416 e. The minimum atomic E-state index is -4.51. The number of aromatic nitrogens is 1. The van der Waals surface area contributed by atoms with Crippen LogP contribution in [0.1, 0.15) is 45.2 Å². The minimum absolute atomic E-state index is 0.0854. The Labute approximate surface area is 243 Å². The molecule has 0 radical (unpaired) electrons. The molecule has 2 aliphatic heterocycles. The normalized spacial score (nSPS) is 17.8. The van der Waals surface area contributed by atoms with Gasteiger partial charge in [0.1, 0.15) is 6.54 Å². The fourth-order valence-electron chi connectivity index (χ4n) is 5.26. The molecule has 2 aromatic carbocycles. The molecule has 8 nitrogen and oxygen atoms in total. The molecule has 2 aliphatic rings. The lowest BCUT2D eigenvalue weighted by atomic mass is 9.99. The van der Waals surface area contributed by atoms with Crippen LogP contribution < -0.4 is 0 Å². The highest BCUT2D eigenvalue weighted by Crippen LogP contribution is 2.33. The molecule has 3 aromatic rings. The number of aryl methyl sites for hydroxylation is 2. The maximum absolute atomic E-state index is 13.9. The predicted octanol–water partition coefficient (Wildman–Crippen LogP) is 4.50. The van der Waals surface area contributed by atoms with E-state index in [9.17, 15) is 22.8 Å². The Bertz CT molecular complexity index is 1430. The number of halogens is 3. The van der Waals surface area contributed by atoms with Gasteiger partial charge in [-0.25, -0.2) is 5.01 Å². The lowest BCUT2D eigenvalue weighted by Crippen LogP contribution is -2.46. The molecule has 222 valence electrons. The van der Waals surface area contributed by atoms with E-state index in [4.69, 9.17) is 9.84 Å². The number of hydrogen-bond acceptors (Lipinski definition) is 5. The Kier molecular flexibility index (Phi) is 8.79. The topological polar surface area (TPSA) is 70.4 Å². The molecule has 5 rings (SSSR count). The smallest absolute Gasteiger partial charge is 0.379 e. The van der Waals surface area contributed by atoms with Crippen LogP contribution in [0.2, 0.25) is 0 Å². The monoisotopic (exact) mass is 581 g/mol. The average molecular weight is 582 g/mol. The van der Waals surface area contributed by atoms with Crippen molar-refractivity contribution < 1.29 is 27.5 Å². The Balaban J connectivity index is 1.41. The van der Waals surface area contributed by atoms with Crippen molar-refractivity contribution in [2.24, 2.45) is 12.1 Å². The fraction of sp³-hybridized carbons (Fsp3) is 0.387. The largest absolute Gasteiger partial charge is 0.416 e. The lowest BCUT2D eigenvalue weighted by Gasteiger charge is -2.31. The third-order valence-electron chi connectivity index (χ3n) is 7.73. The zero-order valence-electron chi connectivity index (χ0n) is 23.7. The number of carbonyl (C=O) groups excluding carboxylic acids is 2. The summed E-state index contributed by atoms with van der Waals surface area (Å²) in [6.07, 6.45) is -2.09. The molecule has 0 bridgehead atoms. The van der Waals surface area contributed by atoms with Gasteiger partial charge in [-0.05, 0) is 48.9 Å². The maximum atomic E-state index is 13.9. The SMILES string of the molecule is Cc1ccc(C2CC(c3cccn3C)=NN2C(=O)CN(CCN2CCOCC2)C(=O)c2ccc(C(F)(F)F)cc2)cc1. The number of ether oxygens (including phenoxy) is 1. The van der Waals surface area contributed by atoms with Gasteiger partial charge in [-0.2, -0.15) is 18.3 Å². The van der Waals surface area contributed by atoms with Crippen molar-refractivity contribution in [1.29, 1.82) is 0 Å². The molecule has 0 N–H and O–H groups in total. The van der Waals surface area contributed by atoms with Crippen molar-refractivity contribution in [3.63, 3.8) is 0 Å². The second-order valence-electron chi connectivity index (χ2n) is 10.7. The first-order chi connectivity index (χ1) is 20.1. The van der Waals surface area contributed by atoms with E-state index in [-0.39, 0.29) is 30.6 Å². The Hall–Kier alpha value is -3.96. The first-order valence-electron chi connectivity index (χ1n) is 13.9. The van der Waals surface area contributed by atoms with Crippen LogP contribution in [0.3, 0.4) is 0 Å². The Morgan fingerprint density at radius 2 is 1.71 bits per heavy atom. The van der Waals surface area contributed by atoms with Crippen molar-refractivity contribution in [2.45, 2.75) is 25.6 Å². The van der Waals surface area contributed by atoms with Crippen molar-refractivity contribution in [3.05, 3.63) is 94.8 Å². The van der Waals surface area contributed by atoms with Crippen molar-refractivity contribution >= 4 is 17.5 Å². The summed E-state index contributed by atoms with van der Waals surface area (Å²) in [6, 6.07) is 15.5. The van der Waals surface area contributed by atoms with E-state index < -0.39 is 17.6 Å². The third-order valence-corrected chi connectivity index (χ3v) is 7.73. The summed E-state index contributed by atoms with van der Waals surface area (Å²) in [5, 5.41) is 6.19. The summed E-state index contributed by atoms with van der Waals surface area (Å²) in [5.41, 5.74) is 2.92. The van der Waals surface area contributed by atoms with Gasteiger partial charge in [0.2, 0.25) is 0 Å². The van der Waals surface area contributed by atoms with Crippen LogP contribution in [-0.4, -0.2) is 82.8 Å². The second-order valence-corrected chi connectivity index (χ2v) is 10.7. The standard InChI is InChI=1S/C31H34F3N5O3/c1-22-5-7-23(8-6-22)28-20-26(27-4-3-13-36(27)2)35-39(28)29(40)21-38(15-14-37-16-18-42-19-17-37)30(41)24-9-11-25(12-10-24)31(32,33)34/h3-13,28H,14-21H2,1-2H3. The number of amides is 2. The molecule has 11 heteroatoms. The zero-order chi connectivity index (χ0) is 29.9. The zero-order valence-corrected chi connectivity index (χ0v) is 23.7. The van der Waals surface area contributed by atoms with Crippen LogP contribution in [-0.2, 0) is 22.8 Å². The fourth-order valence-corrected chi connectivity index (χ4v) is 5.26. The summed E-state index contributed by atoms with van der Waals surface area (Å²) in [7, 11) is 1.92. The van der Waals surface area contributed by atoms with Crippen LogP contribution in [0.15, 0.2) is 72.0 Å². The minimum Gasteiger partial charge on any atom is -0.379 e. The van der Waals surface area contributed by atoms with E-state index in [1.165, 1.54) is 9.91 Å². The Morgan fingerprint density at radius 3 is 2.33 bits per heavy atom. The highest BCUT2D eigenvalue weighted by Gasteiger charge is 2.35. The first-order valence-corrected chi connectivity index (χ1v) is 13.9. The number of alkyl halides is 3. The quantitative estimate of drug-likeness (QED) is 0.393. The average Bonchev–Trinajstić information content (AvgIpc) is 3.62. The van der Waals surface area contributed by atoms with Gasteiger partial charge in [0.15, 0.2) is 0 Å². The summed E-state index contributed by atoms with van der Waals surface area (Å²) in [5.74, 6) is -0.880. The molecule has 0 aliphatic carbocycles. The van der Waals surface area contributed by atoms with Crippen LogP contribution >= 0.6 is 0 Å². The lowest BCUT2D eigenvalue weighted by molar-refractivity contribution is -0.137. The molecule has 1 atom stereocenters. The van der Waals surface area contributed by atoms with Crippen molar-refractivity contribution in [3.8, 4) is 0 Å². The van der Waals surface area contributed by atoms with Crippen molar-refractivity contribution in [2.75, 3.05) is 45.9 Å². The van der Waals surface area contributed by atoms with Crippen LogP contribution in [0.25, 0.3) is 0 Å². The van der Waals surface area contributed by atoms with Gasteiger partial charge < -0.3 is 14.2 Å². The van der Waals surface area contributed by atoms with Gasteiger partial charge >= 0.3 is 6.18 Å². The van der Waals surface area contributed by atoms with E-state index in [0.29, 0.717) is 39.3 Å². The van der Waals surface area contributed by atoms with Gasteiger partial charge in [0.25, 0.3) is 11.8 Å². The number of morpholine rings is 1. The van der Waals surface area contributed by atoms with Gasteiger partial charge in [-0.3, -0.25) is 14.5 Å². The predicted molar refractivity (Wildman–Crippen MR) is 152 cm³/mol. The molecule has 2 amide bonds. The molecule has 1 fully saturated rings. The number of nitrogens with zero attached hydrogens (tertiary/aromatic N) is 5. The Morgan fingerprint density at radius 1 is 1.02 bits per heavy atom. The van der Waals surface area contributed by atoms with E-state index in [0.717, 1.165) is 46.8 Å². The molecular weight excluding hydrogens is 547 g/mol. The van der Waals surface area contributed by atoms with Crippen LogP contribution in [0.4, 0.5) is 13.2 Å². The molecule has 0 spiro atoms. The molecule has 1 saturated heterocycles. The van der Waals surface area contributed by atoms with Gasteiger partial charge in [0, 0.05) is 51.4 Å². The van der Waals surface area contributed by atoms with Gasteiger partial charge in [0.05, 0.1) is 36.2 Å². The molecule has 1 unspecified atom stereocenters. The summed E-state index contributed by atoms with van der Waals surface area (Å²) in [4.78, 5) is 31.1. The van der Waals surface area contributed by atoms with Crippen LogP contribution in [0, 0.1) is 6.92 Å². The summed E-state index contributed by atoms with van der Waals surface area (Å²) < 4.78 is 46.8. The first kappa shape index (κ1) is 29.5. The highest BCUT2D eigenvalue weighted by atomic mass is 19.4. The van der Waals surface area contributed by atoms with Crippen LogP contribution in [0.5, 0.6) is 0 Å². The van der Waals surface area contributed by atoms with E-state index >= 15 is 0 Å². The molecule has 3 heterocycles. The second kappa shape index (κ2) is 12.5. The highest BCUT2D eigenvalue weighted by molar-refractivity contribution is 6.02. The van der Waals surface area contributed by atoms with E-state index in [2.05, 4.69) is 4.90 Å². The number of benzene rings is 2. The number of hydrazone groups is 1. The number of hydrogen-bond donors (Lipinski definition) is 0. The molecule has 42 heavy (non-hydrogen) atoms. The number of rotatable bonds is 8. The summed E-state index contributed by atoms with van der Waals surface area (Å²) >= 11 is 0.